The second-order valence-electron chi connectivity index (χ2n) is 3.14. The van der Waals surface area contributed by atoms with Gasteiger partial charge in [-0.1, -0.05) is 30.3 Å². The van der Waals surface area contributed by atoms with Crippen molar-refractivity contribution in [1.82, 2.24) is 0 Å². The van der Waals surface area contributed by atoms with Crippen LogP contribution in [0.3, 0.4) is 0 Å². The van der Waals surface area contributed by atoms with Gasteiger partial charge in [0.15, 0.2) is 6.73 Å². The summed E-state index contributed by atoms with van der Waals surface area (Å²) in [5.74, 6) is -0.581. The number of nitrogens with zero attached hydrogens (tertiary/aromatic N) is 1. The van der Waals surface area contributed by atoms with Crippen molar-refractivity contribution in [3.8, 4) is 0 Å². The molecule has 0 aliphatic rings. The van der Waals surface area contributed by atoms with Gasteiger partial charge in [0, 0.05) is 0 Å². The molecule has 0 amide bonds. The molecule has 0 radical (unpaired) electrons. The Hall–Kier alpha value is -1.97. The molecule has 1 atom stereocenters. The van der Waals surface area contributed by atoms with Crippen molar-refractivity contribution in [3.63, 3.8) is 0 Å². The lowest BCUT2D eigenvalue weighted by Gasteiger charge is -2.09. The average molecular weight is 220 g/mol. The standard InChI is InChI=1S/C11H12N2O3/c12-10(11(15)16-8-13-7-14)6-9-4-2-1-3-5-9/h1-5,10H,6,8,12H2. The van der Waals surface area contributed by atoms with Gasteiger partial charge in [0.1, 0.15) is 6.04 Å². The molecule has 0 heterocycles. The lowest BCUT2D eigenvalue weighted by atomic mass is 10.1. The van der Waals surface area contributed by atoms with Crippen molar-refractivity contribution in [1.29, 1.82) is 0 Å². The molecule has 1 unspecified atom stereocenters. The number of hydrogen-bond donors (Lipinski definition) is 1. The fourth-order valence-electron chi connectivity index (χ4n) is 1.18. The minimum Gasteiger partial charge on any atom is -0.440 e. The second kappa shape index (κ2) is 6.50. The Balaban J connectivity index is 2.43. The van der Waals surface area contributed by atoms with E-state index in [1.807, 2.05) is 30.3 Å². The SMILES string of the molecule is NC(Cc1ccccc1)C(=O)OCN=C=O. The van der Waals surface area contributed by atoms with Crippen LogP contribution in [0.15, 0.2) is 35.3 Å². The summed E-state index contributed by atoms with van der Waals surface area (Å²) in [7, 11) is 0. The molecule has 2 N–H and O–H groups in total. The first-order valence-corrected chi connectivity index (χ1v) is 4.74. The Labute approximate surface area is 92.9 Å². The maximum atomic E-state index is 11.3. The zero-order valence-corrected chi connectivity index (χ0v) is 8.63. The van der Waals surface area contributed by atoms with E-state index in [9.17, 15) is 9.59 Å². The summed E-state index contributed by atoms with van der Waals surface area (Å²) in [6.45, 7) is -0.329. The smallest absolute Gasteiger partial charge is 0.325 e. The van der Waals surface area contributed by atoms with Gasteiger partial charge in [-0.15, -0.1) is 0 Å². The summed E-state index contributed by atoms with van der Waals surface area (Å²) < 4.78 is 4.62. The number of benzene rings is 1. The molecule has 0 bridgehead atoms. The van der Waals surface area contributed by atoms with Crippen molar-refractivity contribution >= 4 is 12.0 Å². The summed E-state index contributed by atoms with van der Waals surface area (Å²) >= 11 is 0. The number of nitrogens with two attached hydrogens (primary N) is 1. The van der Waals surface area contributed by atoms with E-state index in [0.29, 0.717) is 6.42 Å². The predicted octanol–water partition coefficient (Wildman–Crippen LogP) is 0.393. The Bertz CT molecular complexity index is 385. The van der Waals surface area contributed by atoms with Gasteiger partial charge in [-0.25, -0.2) is 4.79 Å². The molecule has 0 fully saturated rings. The highest BCUT2D eigenvalue weighted by molar-refractivity contribution is 5.75. The van der Waals surface area contributed by atoms with Crippen molar-refractivity contribution < 1.29 is 14.3 Å². The van der Waals surface area contributed by atoms with E-state index >= 15 is 0 Å². The predicted molar refractivity (Wildman–Crippen MR) is 57.2 cm³/mol. The largest absolute Gasteiger partial charge is 0.440 e. The van der Waals surface area contributed by atoms with E-state index < -0.39 is 12.0 Å². The number of hydrogen-bond acceptors (Lipinski definition) is 5. The molecule has 84 valence electrons. The summed E-state index contributed by atoms with van der Waals surface area (Å²) in [5.41, 5.74) is 6.57. The van der Waals surface area contributed by atoms with Gasteiger partial charge < -0.3 is 10.5 Å². The molecule has 0 aromatic heterocycles. The lowest BCUT2D eigenvalue weighted by molar-refractivity contribution is -0.144. The first-order chi connectivity index (χ1) is 7.74. The first-order valence-electron chi connectivity index (χ1n) is 4.74. The van der Waals surface area contributed by atoms with E-state index in [-0.39, 0.29) is 6.73 Å². The molecule has 1 aromatic rings. The van der Waals surface area contributed by atoms with Crippen LogP contribution in [0.2, 0.25) is 0 Å². The number of rotatable bonds is 5. The van der Waals surface area contributed by atoms with Crippen molar-refractivity contribution in [2.45, 2.75) is 12.5 Å². The molecule has 0 saturated carbocycles. The van der Waals surface area contributed by atoms with Crippen molar-refractivity contribution in [2.75, 3.05) is 6.73 Å². The monoisotopic (exact) mass is 220 g/mol. The fourth-order valence-corrected chi connectivity index (χ4v) is 1.18. The van der Waals surface area contributed by atoms with Gasteiger partial charge in [-0.05, 0) is 12.0 Å². The number of isocyanates is 1. The molecule has 5 nitrogen and oxygen atoms in total. The Kier molecular flexibility index (Phi) is 4.92. The van der Waals surface area contributed by atoms with Gasteiger partial charge in [-0.2, -0.15) is 4.99 Å². The number of carbonyl (C=O) groups is 1. The van der Waals surface area contributed by atoms with Crippen LogP contribution in [0.5, 0.6) is 0 Å². The van der Waals surface area contributed by atoms with Gasteiger partial charge >= 0.3 is 5.97 Å². The molecule has 0 aliphatic carbocycles. The molecule has 1 aromatic carbocycles. The fraction of sp³-hybridized carbons (Fsp3) is 0.273. The maximum Gasteiger partial charge on any atom is 0.325 e. The van der Waals surface area contributed by atoms with Crippen LogP contribution in [-0.4, -0.2) is 24.8 Å². The summed E-state index contributed by atoms with van der Waals surface area (Å²) in [6.07, 6.45) is 1.66. The zero-order valence-electron chi connectivity index (χ0n) is 8.63. The molecule has 0 aliphatic heterocycles. The minimum absolute atomic E-state index is 0.329. The zero-order chi connectivity index (χ0) is 11.8. The van der Waals surface area contributed by atoms with Crippen LogP contribution >= 0.6 is 0 Å². The Morgan fingerprint density at radius 1 is 1.44 bits per heavy atom. The minimum atomic E-state index is -0.746. The third-order valence-corrected chi connectivity index (χ3v) is 1.94. The van der Waals surface area contributed by atoms with E-state index in [1.165, 1.54) is 6.08 Å². The quantitative estimate of drug-likeness (QED) is 0.442. The van der Waals surface area contributed by atoms with E-state index in [2.05, 4.69) is 9.73 Å². The summed E-state index contributed by atoms with van der Waals surface area (Å²) in [5, 5.41) is 0. The van der Waals surface area contributed by atoms with E-state index in [1.54, 1.807) is 0 Å². The number of aliphatic imine (C=N–C) groups is 1. The molecular weight excluding hydrogens is 208 g/mol. The molecular formula is C11H12N2O3. The highest BCUT2D eigenvalue weighted by atomic mass is 16.5. The van der Waals surface area contributed by atoms with E-state index in [4.69, 9.17) is 5.73 Å². The van der Waals surface area contributed by atoms with Crippen molar-refractivity contribution in [2.24, 2.45) is 10.7 Å². The second-order valence-corrected chi connectivity index (χ2v) is 3.14. The maximum absolute atomic E-state index is 11.3. The number of esters is 1. The van der Waals surface area contributed by atoms with Gasteiger partial charge in [0.2, 0.25) is 6.08 Å². The normalized spacial score (nSPS) is 11.3. The van der Waals surface area contributed by atoms with Gasteiger partial charge in [0.25, 0.3) is 0 Å². The summed E-state index contributed by atoms with van der Waals surface area (Å²) in [6, 6.07) is 8.61. The van der Waals surface area contributed by atoms with Crippen LogP contribution in [0.25, 0.3) is 0 Å². The highest BCUT2D eigenvalue weighted by Crippen LogP contribution is 2.02. The molecule has 0 saturated heterocycles. The number of carbonyl (C=O) groups excluding carboxylic acids is 2. The van der Waals surface area contributed by atoms with E-state index in [0.717, 1.165) is 5.56 Å². The number of ether oxygens (including phenoxy) is 1. The van der Waals surface area contributed by atoms with Crippen LogP contribution in [-0.2, 0) is 20.7 Å². The lowest BCUT2D eigenvalue weighted by Crippen LogP contribution is -2.34. The molecule has 16 heavy (non-hydrogen) atoms. The van der Waals surface area contributed by atoms with Crippen molar-refractivity contribution in [3.05, 3.63) is 35.9 Å². The van der Waals surface area contributed by atoms with Crippen LogP contribution in [0, 0.1) is 0 Å². The topological polar surface area (TPSA) is 81.8 Å². The summed E-state index contributed by atoms with van der Waals surface area (Å²) in [4.78, 5) is 24.1. The third-order valence-electron chi connectivity index (χ3n) is 1.94. The van der Waals surface area contributed by atoms with Crippen LogP contribution in [0.1, 0.15) is 5.56 Å². The van der Waals surface area contributed by atoms with Crippen LogP contribution < -0.4 is 5.73 Å². The Morgan fingerprint density at radius 2 is 2.12 bits per heavy atom. The molecule has 1 rings (SSSR count). The van der Waals surface area contributed by atoms with Crippen LogP contribution in [0.4, 0.5) is 0 Å². The highest BCUT2D eigenvalue weighted by Gasteiger charge is 2.14. The Morgan fingerprint density at radius 3 is 2.75 bits per heavy atom. The van der Waals surface area contributed by atoms with Gasteiger partial charge in [-0.3, -0.25) is 4.79 Å². The average Bonchev–Trinajstić information content (AvgIpc) is 2.30. The molecule has 0 spiro atoms. The third kappa shape index (κ3) is 4.04. The molecule has 5 heteroatoms. The van der Waals surface area contributed by atoms with Gasteiger partial charge in [0.05, 0.1) is 0 Å². The first kappa shape index (κ1) is 12.1.